The second-order valence-electron chi connectivity index (χ2n) is 4.22. The lowest BCUT2D eigenvalue weighted by molar-refractivity contribution is 0.190. The highest BCUT2D eigenvalue weighted by molar-refractivity contribution is 9.11. The molecule has 1 unspecified atom stereocenters. The first-order valence-corrected chi connectivity index (χ1v) is 7.44. The fourth-order valence-electron chi connectivity index (χ4n) is 1.79. The van der Waals surface area contributed by atoms with Crippen molar-refractivity contribution in [2.24, 2.45) is 0 Å². The van der Waals surface area contributed by atoms with Gasteiger partial charge in [-0.15, -0.1) is 0 Å². The quantitative estimate of drug-likeness (QED) is 0.845. The summed E-state index contributed by atoms with van der Waals surface area (Å²) in [6.07, 6.45) is 3.70. The molecule has 102 valence electrons. The van der Waals surface area contributed by atoms with Crippen molar-refractivity contribution in [3.8, 4) is 5.69 Å². The van der Waals surface area contributed by atoms with Gasteiger partial charge in [0.1, 0.15) is 0 Å². The van der Waals surface area contributed by atoms with Crippen LogP contribution in [-0.4, -0.2) is 29.3 Å². The van der Waals surface area contributed by atoms with Crippen LogP contribution in [0.5, 0.6) is 0 Å². The van der Waals surface area contributed by atoms with E-state index in [1.807, 2.05) is 29.0 Å². The number of hydrogen-bond donors (Lipinski definition) is 1. The fourth-order valence-corrected chi connectivity index (χ4v) is 3.03. The predicted octanol–water partition coefficient (Wildman–Crippen LogP) is 3.84. The lowest BCUT2D eigenvalue weighted by Crippen LogP contribution is -2.22. The van der Waals surface area contributed by atoms with Gasteiger partial charge in [-0.05, 0) is 41.1 Å². The van der Waals surface area contributed by atoms with Crippen LogP contribution in [-0.2, 0) is 4.74 Å². The van der Waals surface area contributed by atoms with Gasteiger partial charge in [0.05, 0.1) is 12.3 Å². The first-order chi connectivity index (χ1) is 9.11. The molecule has 0 radical (unpaired) electrons. The van der Waals surface area contributed by atoms with Crippen molar-refractivity contribution in [3.63, 3.8) is 0 Å². The molecule has 0 aliphatic carbocycles. The van der Waals surface area contributed by atoms with Crippen LogP contribution in [0.25, 0.3) is 5.69 Å². The molecule has 0 saturated carbocycles. The molecule has 2 rings (SSSR count). The standard InChI is InChI=1S/C13H15Br2N3O/c1-9(8-19-2)17-13-16-5-6-18(13)12-4-3-10(14)7-11(12)15/h3-7,9H,8H2,1-2H3,(H,16,17). The molecule has 1 atom stereocenters. The predicted molar refractivity (Wildman–Crippen MR) is 83.9 cm³/mol. The summed E-state index contributed by atoms with van der Waals surface area (Å²) in [5.41, 5.74) is 1.04. The SMILES string of the molecule is COCC(C)Nc1nccn1-c1ccc(Br)cc1Br. The number of imidazole rings is 1. The lowest BCUT2D eigenvalue weighted by atomic mass is 10.3. The molecule has 1 aromatic carbocycles. The summed E-state index contributed by atoms with van der Waals surface area (Å²) in [5.74, 6) is 0.799. The monoisotopic (exact) mass is 387 g/mol. The van der Waals surface area contributed by atoms with Gasteiger partial charge in [-0.1, -0.05) is 15.9 Å². The van der Waals surface area contributed by atoms with Crippen molar-refractivity contribution in [2.75, 3.05) is 19.0 Å². The molecule has 1 N–H and O–H groups in total. The van der Waals surface area contributed by atoms with Crippen LogP contribution in [0, 0.1) is 0 Å². The maximum absolute atomic E-state index is 5.12. The molecule has 0 saturated heterocycles. The Morgan fingerprint density at radius 2 is 2.21 bits per heavy atom. The van der Waals surface area contributed by atoms with Gasteiger partial charge in [-0.25, -0.2) is 4.98 Å². The topological polar surface area (TPSA) is 39.1 Å². The molecule has 6 heteroatoms. The summed E-state index contributed by atoms with van der Waals surface area (Å²) >= 11 is 7.02. The molecule has 2 aromatic rings. The van der Waals surface area contributed by atoms with Gasteiger partial charge in [0.25, 0.3) is 0 Å². The van der Waals surface area contributed by atoms with Crippen LogP contribution in [0.3, 0.4) is 0 Å². The number of methoxy groups -OCH3 is 1. The zero-order chi connectivity index (χ0) is 13.8. The average molecular weight is 389 g/mol. The number of rotatable bonds is 5. The molecule has 1 heterocycles. The van der Waals surface area contributed by atoms with Gasteiger partial charge >= 0.3 is 0 Å². The van der Waals surface area contributed by atoms with E-state index in [1.165, 1.54) is 0 Å². The second-order valence-corrected chi connectivity index (χ2v) is 5.99. The third kappa shape index (κ3) is 3.58. The Bertz CT molecular complexity index is 557. The third-order valence-corrected chi connectivity index (χ3v) is 3.73. The Hall–Kier alpha value is -0.850. The van der Waals surface area contributed by atoms with Gasteiger partial charge in [0.15, 0.2) is 0 Å². The molecule has 0 bridgehead atoms. The van der Waals surface area contributed by atoms with Crippen molar-refractivity contribution in [1.82, 2.24) is 9.55 Å². The minimum Gasteiger partial charge on any atom is -0.383 e. The molecule has 0 fully saturated rings. The molecule has 0 aliphatic heterocycles. The largest absolute Gasteiger partial charge is 0.383 e. The number of benzene rings is 1. The van der Waals surface area contributed by atoms with Crippen molar-refractivity contribution in [2.45, 2.75) is 13.0 Å². The Balaban J connectivity index is 2.28. The highest BCUT2D eigenvalue weighted by atomic mass is 79.9. The summed E-state index contributed by atoms with van der Waals surface area (Å²) in [6.45, 7) is 2.69. The van der Waals surface area contributed by atoms with Gasteiger partial charge in [-0.2, -0.15) is 0 Å². The van der Waals surface area contributed by atoms with E-state index in [9.17, 15) is 0 Å². The van der Waals surface area contributed by atoms with Crippen molar-refractivity contribution >= 4 is 37.8 Å². The lowest BCUT2D eigenvalue weighted by Gasteiger charge is -2.16. The Morgan fingerprint density at radius 3 is 2.89 bits per heavy atom. The number of ether oxygens (including phenoxy) is 1. The number of aromatic nitrogens is 2. The van der Waals surface area contributed by atoms with Crippen LogP contribution in [0.2, 0.25) is 0 Å². The number of halogens is 2. The fraction of sp³-hybridized carbons (Fsp3) is 0.308. The second kappa shape index (κ2) is 6.54. The molecule has 0 aliphatic rings. The van der Waals surface area contributed by atoms with E-state index >= 15 is 0 Å². The van der Waals surface area contributed by atoms with E-state index in [4.69, 9.17) is 4.74 Å². The van der Waals surface area contributed by atoms with E-state index < -0.39 is 0 Å². The molecule has 19 heavy (non-hydrogen) atoms. The zero-order valence-corrected chi connectivity index (χ0v) is 13.9. The maximum atomic E-state index is 5.12. The molecule has 1 aromatic heterocycles. The summed E-state index contributed by atoms with van der Waals surface area (Å²) in [4.78, 5) is 4.34. The van der Waals surface area contributed by atoms with Gasteiger partial charge < -0.3 is 10.1 Å². The number of nitrogens with one attached hydrogen (secondary N) is 1. The summed E-state index contributed by atoms with van der Waals surface area (Å²) in [7, 11) is 1.69. The molecule has 4 nitrogen and oxygen atoms in total. The molecule has 0 spiro atoms. The first kappa shape index (κ1) is 14.6. The highest BCUT2D eigenvalue weighted by Crippen LogP contribution is 2.27. The average Bonchev–Trinajstić information content (AvgIpc) is 2.77. The van der Waals surface area contributed by atoms with E-state index in [2.05, 4.69) is 49.1 Å². The summed E-state index contributed by atoms with van der Waals surface area (Å²) in [6, 6.07) is 6.24. The van der Waals surface area contributed by atoms with Crippen LogP contribution in [0.15, 0.2) is 39.5 Å². The van der Waals surface area contributed by atoms with Crippen LogP contribution < -0.4 is 5.32 Å². The van der Waals surface area contributed by atoms with Crippen LogP contribution in [0.4, 0.5) is 5.95 Å². The number of anilines is 1. The number of nitrogens with zero attached hydrogens (tertiary/aromatic N) is 2. The van der Waals surface area contributed by atoms with E-state index in [0.717, 1.165) is 20.6 Å². The van der Waals surface area contributed by atoms with Crippen molar-refractivity contribution in [3.05, 3.63) is 39.5 Å². The summed E-state index contributed by atoms with van der Waals surface area (Å²) in [5, 5.41) is 3.33. The maximum Gasteiger partial charge on any atom is 0.207 e. The molecular formula is C13H15Br2N3O. The van der Waals surface area contributed by atoms with Crippen LogP contribution in [0.1, 0.15) is 6.92 Å². The van der Waals surface area contributed by atoms with E-state index in [0.29, 0.717) is 6.61 Å². The molecule has 0 amide bonds. The van der Waals surface area contributed by atoms with Gasteiger partial charge in [0.2, 0.25) is 5.95 Å². The van der Waals surface area contributed by atoms with E-state index in [1.54, 1.807) is 13.3 Å². The zero-order valence-electron chi connectivity index (χ0n) is 10.7. The smallest absolute Gasteiger partial charge is 0.207 e. The van der Waals surface area contributed by atoms with Crippen molar-refractivity contribution in [1.29, 1.82) is 0 Å². The normalized spacial score (nSPS) is 12.4. The van der Waals surface area contributed by atoms with Gasteiger partial charge in [-0.3, -0.25) is 4.57 Å². The third-order valence-electron chi connectivity index (χ3n) is 2.60. The Labute approximate surface area is 129 Å². The Morgan fingerprint density at radius 1 is 1.42 bits per heavy atom. The molecular weight excluding hydrogens is 374 g/mol. The van der Waals surface area contributed by atoms with E-state index in [-0.39, 0.29) is 6.04 Å². The highest BCUT2D eigenvalue weighted by Gasteiger charge is 2.10. The summed E-state index contributed by atoms with van der Waals surface area (Å²) < 4.78 is 9.16. The van der Waals surface area contributed by atoms with Crippen LogP contribution >= 0.6 is 31.9 Å². The van der Waals surface area contributed by atoms with Gasteiger partial charge in [0, 0.05) is 34.5 Å². The van der Waals surface area contributed by atoms with Crippen molar-refractivity contribution < 1.29 is 4.74 Å². The Kier molecular flexibility index (Phi) is 5.01. The number of hydrogen-bond acceptors (Lipinski definition) is 3. The minimum absolute atomic E-state index is 0.195. The minimum atomic E-state index is 0.195. The first-order valence-electron chi connectivity index (χ1n) is 5.86.